The highest BCUT2D eigenvalue weighted by Crippen LogP contribution is 2.18. The van der Waals surface area contributed by atoms with Gasteiger partial charge in [-0.15, -0.1) is 0 Å². The van der Waals surface area contributed by atoms with Crippen LogP contribution in [0.5, 0.6) is 0 Å². The number of hydrogen-bond donors (Lipinski definition) is 2. The number of unbranched alkanes of at least 4 members (excludes halogenated alkanes) is 1. The molecule has 3 N–H and O–H groups in total. The standard InChI is InChI=1S/C16H27N3O/c1-4-20-11-6-5-10-18-16(17)19-15-9-7-8-14(12-15)13(2)3/h7-9,12-13H,4-6,10-11H2,1-3H3,(H3,17,18,19). The van der Waals surface area contributed by atoms with Gasteiger partial charge >= 0.3 is 0 Å². The molecule has 20 heavy (non-hydrogen) atoms. The molecule has 4 nitrogen and oxygen atoms in total. The van der Waals surface area contributed by atoms with E-state index in [9.17, 15) is 0 Å². The molecule has 0 heterocycles. The molecule has 1 aromatic rings. The van der Waals surface area contributed by atoms with Crippen LogP contribution in [0.2, 0.25) is 0 Å². The van der Waals surface area contributed by atoms with Gasteiger partial charge in [0.1, 0.15) is 0 Å². The number of nitrogens with one attached hydrogen (secondary N) is 1. The quantitative estimate of drug-likeness (QED) is 0.435. The van der Waals surface area contributed by atoms with Crippen molar-refractivity contribution in [2.45, 2.75) is 39.5 Å². The fourth-order valence-electron chi connectivity index (χ4n) is 1.82. The largest absolute Gasteiger partial charge is 0.382 e. The first-order chi connectivity index (χ1) is 9.63. The molecule has 0 aliphatic rings. The summed E-state index contributed by atoms with van der Waals surface area (Å²) in [5.74, 6) is 0.982. The van der Waals surface area contributed by atoms with Crippen LogP contribution in [0.3, 0.4) is 0 Å². The van der Waals surface area contributed by atoms with E-state index in [1.165, 1.54) is 5.56 Å². The molecule has 0 aromatic heterocycles. The smallest absolute Gasteiger partial charge is 0.193 e. The second-order valence-electron chi connectivity index (χ2n) is 5.08. The molecule has 4 heteroatoms. The van der Waals surface area contributed by atoms with Gasteiger partial charge in [0.05, 0.1) is 0 Å². The van der Waals surface area contributed by atoms with Crippen molar-refractivity contribution in [3.63, 3.8) is 0 Å². The number of aliphatic imine (C=N–C) groups is 1. The highest BCUT2D eigenvalue weighted by Gasteiger charge is 2.00. The van der Waals surface area contributed by atoms with Gasteiger partial charge in [-0.1, -0.05) is 26.0 Å². The Morgan fingerprint density at radius 3 is 2.85 bits per heavy atom. The number of nitrogens with zero attached hydrogens (tertiary/aromatic N) is 1. The summed E-state index contributed by atoms with van der Waals surface area (Å²) in [6, 6.07) is 8.27. The molecule has 0 saturated carbocycles. The minimum Gasteiger partial charge on any atom is -0.382 e. The van der Waals surface area contributed by atoms with E-state index in [4.69, 9.17) is 10.5 Å². The number of nitrogens with two attached hydrogens (primary N) is 1. The van der Waals surface area contributed by atoms with Crippen molar-refractivity contribution >= 4 is 11.6 Å². The first-order valence-corrected chi connectivity index (χ1v) is 7.38. The third kappa shape index (κ3) is 6.57. The van der Waals surface area contributed by atoms with Crippen LogP contribution < -0.4 is 11.1 Å². The lowest BCUT2D eigenvalue weighted by atomic mass is 10.0. The van der Waals surface area contributed by atoms with Gasteiger partial charge in [0, 0.05) is 25.4 Å². The van der Waals surface area contributed by atoms with Crippen LogP contribution in [-0.2, 0) is 4.74 Å². The first kappa shape index (κ1) is 16.5. The molecule has 1 aromatic carbocycles. The van der Waals surface area contributed by atoms with E-state index in [1.807, 2.05) is 19.1 Å². The van der Waals surface area contributed by atoms with Gasteiger partial charge in [-0.05, 0) is 43.4 Å². The molecule has 0 saturated heterocycles. The zero-order valence-electron chi connectivity index (χ0n) is 12.9. The Bertz CT molecular complexity index is 416. The summed E-state index contributed by atoms with van der Waals surface area (Å²) < 4.78 is 5.28. The zero-order chi connectivity index (χ0) is 14.8. The summed E-state index contributed by atoms with van der Waals surface area (Å²) in [7, 11) is 0. The maximum atomic E-state index is 5.88. The van der Waals surface area contributed by atoms with Crippen LogP contribution in [0.1, 0.15) is 45.1 Å². The fourth-order valence-corrected chi connectivity index (χ4v) is 1.82. The molecule has 0 amide bonds. The SMILES string of the molecule is CCOCCCCN=C(N)Nc1cccc(C(C)C)c1. The lowest BCUT2D eigenvalue weighted by molar-refractivity contribution is 0.144. The molecule has 0 spiro atoms. The maximum absolute atomic E-state index is 5.88. The first-order valence-electron chi connectivity index (χ1n) is 7.38. The molecule has 0 fully saturated rings. The molecule has 0 unspecified atom stereocenters. The number of hydrogen-bond acceptors (Lipinski definition) is 2. The normalized spacial score (nSPS) is 11.9. The highest BCUT2D eigenvalue weighted by atomic mass is 16.5. The Balaban J connectivity index is 2.37. The average Bonchev–Trinajstić information content (AvgIpc) is 2.43. The lowest BCUT2D eigenvalue weighted by Gasteiger charge is -2.10. The van der Waals surface area contributed by atoms with Crippen molar-refractivity contribution in [3.05, 3.63) is 29.8 Å². The van der Waals surface area contributed by atoms with Crippen molar-refractivity contribution in [2.24, 2.45) is 10.7 Å². The predicted molar refractivity (Wildman–Crippen MR) is 86.4 cm³/mol. The summed E-state index contributed by atoms with van der Waals surface area (Å²) in [6.07, 6.45) is 2.02. The van der Waals surface area contributed by atoms with Crippen LogP contribution in [-0.4, -0.2) is 25.7 Å². The zero-order valence-corrected chi connectivity index (χ0v) is 12.9. The number of guanidine groups is 1. The summed E-state index contributed by atoms with van der Waals surface area (Å²) in [5.41, 5.74) is 8.16. The Hall–Kier alpha value is -1.55. The van der Waals surface area contributed by atoms with E-state index < -0.39 is 0 Å². The Morgan fingerprint density at radius 1 is 1.35 bits per heavy atom. The molecular weight excluding hydrogens is 250 g/mol. The molecule has 0 aliphatic heterocycles. The van der Waals surface area contributed by atoms with Crippen LogP contribution >= 0.6 is 0 Å². The summed E-state index contributed by atoms with van der Waals surface area (Å²) in [5, 5.41) is 3.14. The van der Waals surface area contributed by atoms with E-state index in [0.717, 1.165) is 38.3 Å². The van der Waals surface area contributed by atoms with Gasteiger partial charge in [0.15, 0.2) is 5.96 Å². The van der Waals surface area contributed by atoms with Crippen LogP contribution in [0.4, 0.5) is 5.69 Å². The Morgan fingerprint density at radius 2 is 2.15 bits per heavy atom. The van der Waals surface area contributed by atoms with E-state index in [1.54, 1.807) is 0 Å². The molecule has 0 aliphatic carbocycles. The summed E-state index contributed by atoms with van der Waals surface area (Å²) in [6.45, 7) is 8.67. The van der Waals surface area contributed by atoms with Crippen LogP contribution in [0, 0.1) is 0 Å². The minimum absolute atomic E-state index is 0.474. The molecular formula is C16H27N3O. The van der Waals surface area contributed by atoms with Gasteiger partial charge in [-0.2, -0.15) is 0 Å². The summed E-state index contributed by atoms with van der Waals surface area (Å²) >= 11 is 0. The van der Waals surface area contributed by atoms with E-state index in [-0.39, 0.29) is 0 Å². The topological polar surface area (TPSA) is 59.6 Å². The molecule has 0 radical (unpaired) electrons. The predicted octanol–water partition coefficient (Wildman–Crippen LogP) is 3.35. The molecule has 0 bridgehead atoms. The fraction of sp³-hybridized carbons (Fsp3) is 0.562. The lowest BCUT2D eigenvalue weighted by Crippen LogP contribution is -2.23. The monoisotopic (exact) mass is 277 g/mol. The number of rotatable bonds is 8. The van der Waals surface area contributed by atoms with Gasteiger partial charge in [-0.25, -0.2) is 0 Å². The third-order valence-corrected chi connectivity index (χ3v) is 3.01. The van der Waals surface area contributed by atoms with Gasteiger partial charge < -0.3 is 15.8 Å². The number of benzene rings is 1. The maximum Gasteiger partial charge on any atom is 0.193 e. The van der Waals surface area contributed by atoms with Crippen LogP contribution in [0.15, 0.2) is 29.3 Å². The minimum atomic E-state index is 0.474. The molecule has 1 rings (SSSR count). The van der Waals surface area contributed by atoms with Crippen molar-refractivity contribution < 1.29 is 4.74 Å². The van der Waals surface area contributed by atoms with Crippen molar-refractivity contribution in [1.29, 1.82) is 0 Å². The van der Waals surface area contributed by atoms with Crippen molar-refractivity contribution in [1.82, 2.24) is 0 Å². The third-order valence-electron chi connectivity index (χ3n) is 3.01. The second-order valence-corrected chi connectivity index (χ2v) is 5.08. The van der Waals surface area contributed by atoms with E-state index in [2.05, 4.69) is 36.3 Å². The average molecular weight is 277 g/mol. The van der Waals surface area contributed by atoms with Gasteiger partial charge in [-0.3, -0.25) is 4.99 Å². The van der Waals surface area contributed by atoms with Gasteiger partial charge in [0.25, 0.3) is 0 Å². The Kier molecular flexibility index (Phi) is 7.73. The summed E-state index contributed by atoms with van der Waals surface area (Å²) in [4.78, 5) is 4.32. The number of ether oxygens (including phenoxy) is 1. The second kappa shape index (κ2) is 9.37. The molecule has 0 atom stereocenters. The van der Waals surface area contributed by atoms with Crippen molar-refractivity contribution in [3.8, 4) is 0 Å². The van der Waals surface area contributed by atoms with Crippen LogP contribution in [0.25, 0.3) is 0 Å². The highest BCUT2D eigenvalue weighted by molar-refractivity contribution is 5.92. The van der Waals surface area contributed by atoms with Gasteiger partial charge in [0.2, 0.25) is 0 Å². The Labute approximate surface area is 122 Å². The van der Waals surface area contributed by atoms with E-state index >= 15 is 0 Å². The number of anilines is 1. The molecule has 112 valence electrons. The van der Waals surface area contributed by atoms with E-state index in [0.29, 0.717) is 11.9 Å². The van der Waals surface area contributed by atoms with Crippen molar-refractivity contribution in [2.75, 3.05) is 25.1 Å².